The maximum atomic E-state index is 10.5. The number of carbonyl (C=O) groups is 1. The molecule has 1 aromatic carbocycles. The van der Waals surface area contributed by atoms with Crippen LogP contribution >= 0.6 is 69.6 Å². The molecular weight excluding hydrogens is 341 g/mol. The molecule has 0 aliphatic carbocycles. The van der Waals surface area contributed by atoms with Gasteiger partial charge in [-0.1, -0.05) is 58.0 Å². The van der Waals surface area contributed by atoms with Gasteiger partial charge in [0.25, 0.3) is 5.24 Å². The molecule has 0 aliphatic rings. The zero-order valence-corrected chi connectivity index (χ0v) is 11.8. The predicted molar refractivity (Wildman–Crippen MR) is 67.8 cm³/mol. The van der Waals surface area contributed by atoms with Crippen LogP contribution in [0.1, 0.15) is 0 Å². The van der Waals surface area contributed by atoms with Gasteiger partial charge >= 0.3 is 0 Å². The summed E-state index contributed by atoms with van der Waals surface area (Å²) < 4.78 is 4.97. The molecule has 2 nitrogen and oxygen atoms in total. The van der Waals surface area contributed by atoms with Crippen LogP contribution in [0.25, 0.3) is 0 Å². The minimum Gasteiger partial charge on any atom is -0.481 e. The molecule has 1 aromatic rings. The van der Waals surface area contributed by atoms with E-state index in [1.807, 2.05) is 0 Å². The number of benzene rings is 1. The van der Waals surface area contributed by atoms with Crippen molar-refractivity contribution in [2.75, 3.05) is 6.61 Å². The Bertz CT molecular complexity index is 416. The second kappa shape index (κ2) is 5.85. The highest BCUT2D eigenvalue weighted by molar-refractivity contribution is 6.64. The van der Waals surface area contributed by atoms with Gasteiger partial charge in [-0.2, -0.15) is 0 Å². The van der Waals surface area contributed by atoms with E-state index in [-0.39, 0.29) is 30.9 Å². The second-order valence-corrected chi connectivity index (χ2v) is 4.85. The van der Waals surface area contributed by atoms with Crippen LogP contribution in [-0.4, -0.2) is 11.8 Å². The predicted octanol–water partition coefficient (Wildman–Crippen LogP) is 5.10. The van der Waals surface area contributed by atoms with E-state index in [1.54, 1.807) is 0 Å². The van der Waals surface area contributed by atoms with Crippen LogP contribution in [0.2, 0.25) is 25.1 Å². The maximum Gasteiger partial charge on any atom is 0.259 e. The molecule has 0 unspecified atom stereocenters. The molecular formula is C8H2Cl6O2. The van der Waals surface area contributed by atoms with Crippen molar-refractivity contribution in [1.29, 1.82) is 0 Å². The first-order chi connectivity index (χ1) is 7.36. The van der Waals surface area contributed by atoms with Gasteiger partial charge in [-0.05, 0) is 11.6 Å². The van der Waals surface area contributed by atoms with Gasteiger partial charge < -0.3 is 4.74 Å². The van der Waals surface area contributed by atoms with Gasteiger partial charge in [-0.15, -0.1) is 0 Å². The molecule has 0 bridgehead atoms. The monoisotopic (exact) mass is 340 g/mol. The number of hydrogen-bond acceptors (Lipinski definition) is 2. The summed E-state index contributed by atoms with van der Waals surface area (Å²) in [6.07, 6.45) is 0. The number of halogens is 6. The molecule has 0 radical (unpaired) electrons. The molecule has 0 fully saturated rings. The van der Waals surface area contributed by atoms with Crippen LogP contribution in [0.3, 0.4) is 0 Å². The van der Waals surface area contributed by atoms with E-state index < -0.39 is 11.8 Å². The highest BCUT2D eigenvalue weighted by Crippen LogP contribution is 2.48. The van der Waals surface area contributed by atoms with Gasteiger partial charge in [0.05, 0.1) is 15.1 Å². The van der Waals surface area contributed by atoms with Gasteiger partial charge in [0.2, 0.25) is 0 Å². The van der Waals surface area contributed by atoms with Crippen molar-refractivity contribution >= 4 is 74.8 Å². The van der Waals surface area contributed by atoms with E-state index in [4.69, 9.17) is 74.3 Å². The number of ether oxygens (including phenoxy) is 1. The Morgan fingerprint density at radius 3 is 1.62 bits per heavy atom. The molecule has 16 heavy (non-hydrogen) atoms. The SMILES string of the molecule is O=C(Cl)COc1c(Cl)c(Cl)c(Cl)c(Cl)c1Cl. The minimum absolute atomic E-state index is 0.00486. The van der Waals surface area contributed by atoms with Crippen molar-refractivity contribution in [3.05, 3.63) is 25.1 Å². The Morgan fingerprint density at radius 2 is 1.25 bits per heavy atom. The first-order valence-electron chi connectivity index (χ1n) is 3.68. The molecule has 0 aliphatic heterocycles. The van der Waals surface area contributed by atoms with Crippen LogP contribution in [-0.2, 0) is 4.79 Å². The summed E-state index contributed by atoms with van der Waals surface area (Å²) in [5, 5.41) is -0.764. The molecule has 0 N–H and O–H groups in total. The molecule has 0 amide bonds. The van der Waals surface area contributed by atoms with Crippen molar-refractivity contribution < 1.29 is 9.53 Å². The third-order valence-electron chi connectivity index (χ3n) is 1.50. The van der Waals surface area contributed by atoms with E-state index >= 15 is 0 Å². The number of rotatable bonds is 3. The summed E-state index contributed by atoms with van der Waals surface area (Å²) in [4.78, 5) is 10.5. The van der Waals surface area contributed by atoms with Crippen LogP contribution in [0, 0.1) is 0 Å². The lowest BCUT2D eigenvalue weighted by Gasteiger charge is -2.12. The van der Waals surface area contributed by atoms with Crippen molar-refractivity contribution in [2.45, 2.75) is 0 Å². The van der Waals surface area contributed by atoms with E-state index in [0.717, 1.165) is 0 Å². The van der Waals surface area contributed by atoms with E-state index in [2.05, 4.69) is 0 Å². The summed E-state index contributed by atoms with van der Waals surface area (Å²) in [6, 6.07) is 0. The molecule has 0 heterocycles. The molecule has 0 saturated carbocycles. The molecule has 1 rings (SSSR count). The summed E-state index contributed by atoms with van der Waals surface area (Å²) in [7, 11) is 0. The second-order valence-electron chi connectivity index (χ2n) is 2.54. The zero-order chi connectivity index (χ0) is 12.5. The molecule has 8 heteroatoms. The van der Waals surface area contributed by atoms with Gasteiger partial charge in [0, 0.05) is 0 Å². The normalized spacial score (nSPS) is 10.4. The lowest BCUT2D eigenvalue weighted by Crippen LogP contribution is -2.05. The number of hydrogen-bond donors (Lipinski definition) is 0. The molecule has 0 aromatic heterocycles. The van der Waals surface area contributed by atoms with Gasteiger partial charge in [0.1, 0.15) is 10.0 Å². The fraction of sp³-hybridized carbons (Fsp3) is 0.125. The maximum absolute atomic E-state index is 10.5. The Labute approximate surface area is 121 Å². The molecule has 0 spiro atoms. The Morgan fingerprint density at radius 1 is 0.875 bits per heavy atom. The van der Waals surface area contributed by atoms with Gasteiger partial charge in [-0.3, -0.25) is 4.79 Å². The Kier molecular flexibility index (Phi) is 5.30. The van der Waals surface area contributed by atoms with Gasteiger partial charge in [0.15, 0.2) is 12.4 Å². The van der Waals surface area contributed by atoms with Crippen LogP contribution < -0.4 is 4.74 Å². The van der Waals surface area contributed by atoms with E-state index in [1.165, 1.54) is 0 Å². The third kappa shape index (κ3) is 3.00. The van der Waals surface area contributed by atoms with Crippen molar-refractivity contribution in [3.63, 3.8) is 0 Å². The van der Waals surface area contributed by atoms with Crippen LogP contribution in [0.4, 0.5) is 0 Å². The van der Waals surface area contributed by atoms with Crippen molar-refractivity contribution in [2.24, 2.45) is 0 Å². The fourth-order valence-corrected chi connectivity index (χ4v) is 2.13. The summed E-state index contributed by atoms with van der Waals surface area (Å²) in [6.45, 7) is -0.407. The molecule has 88 valence electrons. The fourth-order valence-electron chi connectivity index (χ4n) is 0.840. The standard InChI is InChI=1S/C8H2Cl6O2/c9-2(15)1-16-8-6(13)4(11)3(10)5(12)7(8)14/h1H2. The lowest BCUT2D eigenvalue weighted by molar-refractivity contribution is -0.113. The van der Waals surface area contributed by atoms with E-state index in [9.17, 15) is 4.79 Å². The first kappa shape index (κ1) is 14.5. The largest absolute Gasteiger partial charge is 0.481 e. The van der Waals surface area contributed by atoms with Crippen LogP contribution in [0.5, 0.6) is 5.75 Å². The van der Waals surface area contributed by atoms with E-state index in [0.29, 0.717) is 0 Å². The Hall–Kier alpha value is 0.430. The highest BCUT2D eigenvalue weighted by Gasteiger charge is 2.20. The van der Waals surface area contributed by atoms with Crippen LogP contribution in [0.15, 0.2) is 0 Å². The number of carbonyl (C=O) groups excluding carboxylic acids is 1. The average molecular weight is 343 g/mol. The zero-order valence-electron chi connectivity index (χ0n) is 7.29. The van der Waals surface area contributed by atoms with Gasteiger partial charge in [-0.25, -0.2) is 0 Å². The summed E-state index contributed by atoms with van der Waals surface area (Å²) in [5.41, 5.74) is 0. The topological polar surface area (TPSA) is 26.3 Å². The lowest BCUT2D eigenvalue weighted by atomic mass is 10.3. The Balaban J connectivity index is 3.23. The molecule has 0 saturated heterocycles. The van der Waals surface area contributed by atoms with Crippen molar-refractivity contribution in [1.82, 2.24) is 0 Å². The third-order valence-corrected chi connectivity index (χ3v) is 3.85. The first-order valence-corrected chi connectivity index (χ1v) is 5.95. The van der Waals surface area contributed by atoms with Crippen molar-refractivity contribution in [3.8, 4) is 5.75 Å². The summed E-state index contributed by atoms with van der Waals surface area (Å²) >= 11 is 34.0. The highest BCUT2D eigenvalue weighted by atomic mass is 35.5. The smallest absolute Gasteiger partial charge is 0.259 e. The summed E-state index contributed by atoms with van der Waals surface area (Å²) in [5.74, 6) is -0.0308. The average Bonchev–Trinajstić information content (AvgIpc) is 2.23. The minimum atomic E-state index is -0.714. The molecule has 0 atom stereocenters. The quantitative estimate of drug-likeness (QED) is 0.434.